The summed E-state index contributed by atoms with van der Waals surface area (Å²) in [4.78, 5) is 10.3. The van der Waals surface area contributed by atoms with Gasteiger partial charge in [-0.2, -0.15) is 0 Å². The molecule has 1 fully saturated rings. The largest absolute Gasteiger partial charge is 0.370 e. The third-order valence-corrected chi connectivity index (χ3v) is 2.21. The summed E-state index contributed by atoms with van der Waals surface area (Å²) < 4.78 is 0. The highest BCUT2D eigenvalue weighted by Crippen LogP contribution is 2.33. The van der Waals surface area contributed by atoms with Crippen LogP contribution in [0.25, 0.3) is 0 Å². The predicted molar refractivity (Wildman–Crippen MR) is 48.6 cm³/mol. The maximum absolute atomic E-state index is 10.3. The van der Waals surface area contributed by atoms with Crippen LogP contribution in [0.2, 0.25) is 0 Å². The molecule has 3 heteroatoms. The summed E-state index contributed by atoms with van der Waals surface area (Å²) in [5, 5.41) is 3.20. The lowest BCUT2D eigenvalue weighted by Crippen LogP contribution is -2.22. The second kappa shape index (κ2) is 5.14. The predicted octanol–water partition coefficient (Wildman–Crippen LogP) is 0.642. The molecule has 1 amide bonds. The number of amides is 1. The van der Waals surface area contributed by atoms with Crippen molar-refractivity contribution in [2.75, 3.05) is 13.1 Å². The molecular weight excluding hydrogens is 152 g/mol. The Bertz CT molecular complexity index is 143. The van der Waals surface area contributed by atoms with Gasteiger partial charge in [0.2, 0.25) is 5.91 Å². The summed E-state index contributed by atoms with van der Waals surface area (Å²) in [7, 11) is 0. The fourth-order valence-electron chi connectivity index (χ4n) is 1.26. The van der Waals surface area contributed by atoms with Gasteiger partial charge in [-0.3, -0.25) is 4.79 Å². The van der Waals surface area contributed by atoms with E-state index in [4.69, 9.17) is 5.73 Å². The zero-order chi connectivity index (χ0) is 8.81. The SMILES string of the molecule is NC(=O)CCNCCCC1CC1. The van der Waals surface area contributed by atoms with Crippen LogP contribution in [0.5, 0.6) is 0 Å². The van der Waals surface area contributed by atoms with Crippen LogP contribution in [0.1, 0.15) is 32.1 Å². The van der Waals surface area contributed by atoms with E-state index in [1.807, 2.05) is 0 Å². The second-order valence-electron chi connectivity index (χ2n) is 3.55. The zero-order valence-corrected chi connectivity index (χ0v) is 7.51. The number of primary amides is 1. The second-order valence-corrected chi connectivity index (χ2v) is 3.55. The summed E-state index contributed by atoms with van der Waals surface area (Å²) in [5.41, 5.74) is 4.99. The Balaban J connectivity index is 1.73. The lowest BCUT2D eigenvalue weighted by Gasteiger charge is -2.01. The van der Waals surface area contributed by atoms with Crippen molar-refractivity contribution in [2.24, 2.45) is 11.7 Å². The first kappa shape index (κ1) is 9.52. The quantitative estimate of drug-likeness (QED) is 0.551. The number of carbonyl (C=O) groups is 1. The smallest absolute Gasteiger partial charge is 0.218 e. The van der Waals surface area contributed by atoms with Gasteiger partial charge >= 0.3 is 0 Å². The molecule has 1 aliphatic carbocycles. The van der Waals surface area contributed by atoms with Gasteiger partial charge in [0.05, 0.1) is 0 Å². The Morgan fingerprint density at radius 3 is 2.75 bits per heavy atom. The van der Waals surface area contributed by atoms with E-state index in [0.29, 0.717) is 6.42 Å². The zero-order valence-electron chi connectivity index (χ0n) is 7.51. The molecule has 12 heavy (non-hydrogen) atoms. The Kier molecular flexibility index (Phi) is 4.08. The molecule has 3 N–H and O–H groups in total. The molecule has 1 saturated carbocycles. The molecule has 0 heterocycles. The van der Waals surface area contributed by atoms with Gasteiger partial charge in [-0.1, -0.05) is 12.8 Å². The summed E-state index contributed by atoms with van der Waals surface area (Å²) in [6, 6.07) is 0. The van der Waals surface area contributed by atoms with Gasteiger partial charge in [0.25, 0.3) is 0 Å². The minimum atomic E-state index is -0.218. The molecule has 0 bridgehead atoms. The van der Waals surface area contributed by atoms with E-state index in [1.54, 1.807) is 0 Å². The van der Waals surface area contributed by atoms with Crippen molar-refractivity contribution in [3.05, 3.63) is 0 Å². The van der Waals surface area contributed by atoms with Crippen molar-refractivity contribution in [1.29, 1.82) is 0 Å². The fraction of sp³-hybridized carbons (Fsp3) is 0.889. The van der Waals surface area contributed by atoms with Crippen molar-refractivity contribution in [2.45, 2.75) is 32.1 Å². The van der Waals surface area contributed by atoms with E-state index in [1.165, 1.54) is 25.7 Å². The molecule has 0 aliphatic heterocycles. The van der Waals surface area contributed by atoms with E-state index >= 15 is 0 Å². The van der Waals surface area contributed by atoms with Gasteiger partial charge in [-0.15, -0.1) is 0 Å². The molecular formula is C9H18N2O. The van der Waals surface area contributed by atoms with Gasteiger partial charge in [-0.25, -0.2) is 0 Å². The van der Waals surface area contributed by atoms with Crippen LogP contribution in [0, 0.1) is 5.92 Å². The third-order valence-electron chi connectivity index (χ3n) is 2.21. The van der Waals surface area contributed by atoms with Crippen molar-refractivity contribution >= 4 is 5.91 Å². The number of rotatable bonds is 7. The molecule has 3 nitrogen and oxygen atoms in total. The van der Waals surface area contributed by atoms with E-state index < -0.39 is 0 Å². The fourth-order valence-corrected chi connectivity index (χ4v) is 1.26. The monoisotopic (exact) mass is 170 g/mol. The summed E-state index contributed by atoms with van der Waals surface area (Å²) in [6.45, 7) is 1.77. The number of hydrogen-bond acceptors (Lipinski definition) is 2. The highest BCUT2D eigenvalue weighted by Gasteiger charge is 2.19. The van der Waals surface area contributed by atoms with Crippen molar-refractivity contribution < 1.29 is 4.79 Å². The normalized spacial score (nSPS) is 16.3. The van der Waals surface area contributed by atoms with E-state index in [2.05, 4.69) is 5.32 Å². The topological polar surface area (TPSA) is 55.1 Å². The lowest BCUT2D eigenvalue weighted by molar-refractivity contribution is -0.117. The molecule has 0 unspecified atom stereocenters. The molecule has 0 saturated heterocycles. The van der Waals surface area contributed by atoms with Crippen LogP contribution >= 0.6 is 0 Å². The van der Waals surface area contributed by atoms with E-state index in [0.717, 1.165) is 19.0 Å². The lowest BCUT2D eigenvalue weighted by atomic mass is 10.2. The van der Waals surface area contributed by atoms with Crippen molar-refractivity contribution in [3.8, 4) is 0 Å². The standard InChI is InChI=1S/C9H18N2O/c10-9(12)5-7-11-6-1-2-8-3-4-8/h8,11H,1-7H2,(H2,10,12). The number of nitrogens with two attached hydrogens (primary N) is 1. The average molecular weight is 170 g/mol. The number of carbonyl (C=O) groups excluding carboxylic acids is 1. The highest BCUT2D eigenvalue weighted by atomic mass is 16.1. The maximum atomic E-state index is 10.3. The minimum Gasteiger partial charge on any atom is -0.370 e. The van der Waals surface area contributed by atoms with Crippen LogP contribution in [-0.4, -0.2) is 19.0 Å². The first-order chi connectivity index (χ1) is 5.79. The Morgan fingerprint density at radius 1 is 1.42 bits per heavy atom. The first-order valence-corrected chi connectivity index (χ1v) is 4.78. The van der Waals surface area contributed by atoms with E-state index in [-0.39, 0.29) is 5.91 Å². The molecule has 1 rings (SSSR count). The Hall–Kier alpha value is -0.570. The van der Waals surface area contributed by atoms with Crippen LogP contribution in [-0.2, 0) is 4.79 Å². The number of hydrogen-bond donors (Lipinski definition) is 2. The van der Waals surface area contributed by atoms with Gasteiger partial charge in [0, 0.05) is 13.0 Å². The average Bonchev–Trinajstić information content (AvgIpc) is 2.79. The molecule has 0 aromatic carbocycles. The summed E-state index contributed by atoms with van der Waals surface area (Å²) in [5.74, 6) is 0.799. The molecule has 0 atom stereocenters. The first-order valence-electron chi connectivity index (χ1n) is 4.78. The number of nitrogens with one attached hydrogen (secondary N) is 1. The van der Waals surface area contributed by atoms with Crippen LogP contribution < -0.4 is 11.1 Å². The minimum absolute atomic E-state index is 0.218. The van der Waals surface area contributed by atoms with Crippen molar-refractivity contribution in [3.63, 3.8) is 0 Å². The molecule has 0 aromatic heterocycles. The van der Waals surface area contributed by atoms with Gasteiger partial charge in [0.1, 0.15) is 0 Å². The summed E-state index contributed by atoms with van der Waals surface area (Å²) >= 11 is 0. The van der Waals surface area contributed by atoms with Gasteiger partial charge in [-0.05, 0) is 25.3 Å². The van der Waals surface area contributed by atoms with Crippen LogP contribution in [0.4, 0.5) is 0 Å². The van der Waals surface area contributed by atoms with Crippen LogP contribution in [0.15, 0.2) is 0 Å². The molecule has 70 valence electrons. The van der Waals surface area contributed by atoms with Crippen molar-refractivity contribution in [1.82, 2.24) is 5.32 Å². The molecule has 1 aliphatic rings. The van der Waals surface area contributed by atoms with Gasteiger partial charge < -0.3 is 11.1 Å². The Morgan fingerprint density at radius 2 is 2.17 bits per heavy atom. The molecule has 0 aromatic rings. The van der Waals surface area contributed by atoms with E-state index in [9.17, 15) is 4.79 Å². The van der Waals surface area contributed by atoms with Crippen LogP contribution in [0.3, 0.4) is 0 Å². The maximum Gasteiger partial charge on any atom is 0.218 e. The summed E-state index contributed by atoms with van der Waals surface area (Å²) in [6.07, 6.45) is 5.92. The Labute approximate surface area is 73.7 Å². The third kappa shape index (κ3) is 5.13. The van der Waals surface area contributed by atoms with Gasteiger partial charge in [0.15, 0.2) is 0 Å². The molecule has 0 spiro atoms. The molecule has 0 radical (unpaired) electrons. The highest BCUT2D eigenvalue weighted by molar-refractivity contribution is 5.73.